The van der Waals surface area contributed by atoms with Gasteiger partial charge in [-0.25, -0.2) is 9.48 Å². The SMILES string of the molecule is CCOC(=O)/C=C\C(=O)n1nc(-c2ccccc2)c2c1[C@H](C(C)C)CC[C@@H]2C. The first-order chi connectivity index (χ1) is 13.4. The fourth-order valence-electron chi connectivity index (χ4n) is 4.02. The summed E-state index contributed by atoms with van der Waals surface area (Å²) in [5.41, 5.74) is 4.03. The smallest absolute Gasteiger partial charge is 0.330 e. The van der Waals surface area contributed by atoms with Crippen LogP contribution in [-0.2, 0) is 9.53 Å². The minimum Gasteiger partial charge on any atom is -0.463 e. The number of nitrogens with zero attached hydrogens (tertiary/aromatic N) is 2. The van der Waals surface area contributed by atoms with Gasteiger partial charge in [0.25, 0.3) is 5.91 Å². The zero-order valence-electron chi connectivity index (χ0n) is 17.0. The van der Waals surface area contributed by atoms with Gasteiger partial charge in [-0.05, 0) is 31.6 Å². The summed E-state index contributed by atoms with van der Waals surface area (Å²) < 4.78 is 6.39. The second kappa shape index (κ2) is 8.55. The van der Waals surface area contributed by atoms with E-state index in [2.05, 4.69) is 20.8 Å². The van der Waals surface area contributed by atoms with Gasteiger partial charge in [-0.1, -0.05) is 51.1 Å². The second-order valence-electron chi connectivity index (χ2n) is 7.68. The van der Waals surface area contributed by atoms with E-state index < -0.39 is 5.97 Å². The summed E-state index contributed by atoms with van der Waals surface area (Å²) in [6, 6.07) is 9.99. The minimum absolute atomic E-state index is 0.260. The number of esters is 1. The van der Waals surface area contributed by atoms with Crippen LogP contribution in [0.1, 0.15) is 68.4 Å². The largest absolute Gasteiger partial charge is 0.463 e. The third kappa shape index (κ3) is 3.93. The molecular weight excluding hydrogens is 352 g/mol. The molecule has 0 fully saturated rings. The maximum atomic E-state index is 13.0. The zero-order valence-corrected chi connectivity index (χ0v) is 17.0. The molecule has 0 saturated heterocycles. The molecule has 3 rings (SSSR count). The summed E-state index contributed by atoms with van der Waals surface area (Å²) in [6.45, 7) is 8.58. The third-order valence-corrected chi connectivity index (χ3v) is 5.42. The number of hydrogen-bond donors (Lipinski definition) is 0. The Morgan fingerprint density at radius 3 is 2.57 bits per heavy atom. The Labute approximate surface area is 166 Å². The first-order valence-electron chi connectivity index (χ1n) is 10.0. The van der Waals surface area contributed by atoms with Gasteiger partial charge in [0, 0.05) is 29.2 Å². The van der Waals surface area contributed by atoms with E-state index in [9.17, 15) is 9.59 Å². The van der Waals surface area contributed by atoms with E-state index in [4.69, 9.17) is 9.84 Å². The molecule has 5 nitrogen and oxygen atoms in total. The molecule has 0 saturated carbocycles. The summed E-state index contributed by atoms with van der Waals surface area (Å²) in [4.78, 5) is 24.6. The van der Waals surface area contributed by atoms with Crippen molar-refractivity contribution in [2.75, 3.05) is 6.61 Å². The number of carbonyl (C=O) groups is 2. The van der Waals surface area contributed by atoms with E-state index in [1.165, 1.54) is 16.8 Å². The van der Waals surface area contributed by atoms with E-state index in [1.807, 2.05) is 30.3 Å². The molecule has 1 aromatic carbocycles. The lowest BCUT2D eigenvalue weighted by Gasteiger charge is -2.30. The average molecular weight is 380 g/mol. The molecule has 5 heteroatoms. The van der Waals surface area contributed by atoms with Crippen LogP contribution in [0.5, 0.6) is 0 Å². The van der Waals surface area contributed by atoms with Crippen molar-refractivity contribution in [3.05, 3.63) is 53.7 Å². The van der Waals surface area contributed by atoms with E-state index in [1.54, 1.807) is 6.92 Å². The van der Waals surface area contributed by atoms with Gasteiger partial charge in [0.05, 0.1) is 18.0 Å². The highest BCUT2D eigenvalue weighted by Crippen LogP contribution is 2.46. The Bertz CT molecular complexity index is 881. The van der Waals surface area contributed by atoms with Gasteiger partial charge in [0.2, 0.25) is 0 Å². The molecule has 1 aliphatic rings. The lowest BCUT2D eigenvalue weighted by Crippen LogP contribution is -2.23. The van der Waals surface area contributed by atoms with Crippen LogP contribution in [0, 0.1) is 5.92 Å². The number of ether oxygens (including phenoxy) is 1. The standard InChI is InChI=1S/C23H28N2O3/c1-5-28-20(27)14-13-19(26)25-23-18(15(2)3)12-11-16(4)21(23)22(24-25)17-9-7-6-8-10-17/h6-10,13-16,18H,5,11-12H2,1-4H3/b14-13-/t16-,18-/m0/s1. The number of fused-ring (bicyclic) bond motifs is 1. The van der Waals surface area contributed by atoms with Gasteiger partial charge in [0.15, 0.2) is 0 Å². The molecule has 28 heavy (non-hydrogen) atoms. The number of hydrogen-bond acceptors (Lipinski definition) is 4. The van der Waals surface area contributed by atoms with Crippen LogP contribution in [0.15, 0.2) is 42.5 Å². The van der Waals surface area contributed by atoms with Gasteiger partial charge < -0.3 is 4.74 Å². The van der Waals surface area contributed by atoms with Crippen LogP contribution in [0.4, 0.5) is 0 Å². The maximum absolute atomic E-state index is 13.0. The Morgan fingerprint density at radius 1 is 1.21 bits per heavy atom. The Hall–Kier alpha value is -2.69. The molecule has 148 valence electrons. The van der Waals surface area contributed by atoms with Crippen LogP contribution in [0.3, 0.4) is 0 Å². The van der Waals surface area contributed by atoms with Crippen molar-refractivity contribution < 1.29 is 14.3 Å². The molecule has 1 aliphatic carbocycles. The molecule has 0 amide bonds. The quantitative estimate of drug-likeness (QED) is 0.544. The molecule has 0 aliphatic heterocycles. The highest BCUT2D eigenvalue weighted by atomic mass is 16.5. The summed E-state index contributed by atoms with van der Waals surface area (Å²) in [5, 5.41) is 4.73. The van der Waals surface area contributed by atoms with Crippen molar-refractivity contribution in [3.8, 4) is 11.3 Å². The summed E-state index contributed by atoms with van der Waals surface area (Å²) in [5.74, 6) is 0.152. The highest BCUT2D eigenvalue weighted by molar-refractivity contribution is 5.96. The van der Waals surface area contributed by atoms with Crippen molar-refractivity contribution in [1.29, 1.82) is 0 Å². The second-order valence-corrected chi connectivity index (χ2v) is 7.68. The number of rotatable bonds is 5. The van der Waals surface area contributed by atoms with Crippen molar-refractivity contribution in [1.82, 2.24) is 9.78 Å². The Kier molecular flexibility index (Phi) is 6.12. The van der Waals surface area contributed by atoms with Gasteiger partial charge in [0.1, 0.15) is 0 Å². The maximum Gasteiger partial charge on any atom is 0.330 e. The third-order valence-electron chi connectivity index (χ3n) is 5.42. The summed E-state index contributed by atoms with van der Waals surface area (Å²) in [6.07, 6.45) is 4.55. The molecular formula is C23H28N2O3. The normalized spacial score (nSPS) is 19.0. The number of allylic oxidation sites excluding steroid dienone is 1. The minimum atomic E-state index is -0.520. The zero-order chi connectivity index (χ0) is 20.3. The number of benzene rings is 1. The summed E-state index contributed by atoms with van der Waals surface area (Å²) in [7, 11) is 0. The van der Waals surface area contributed by atoms with Gasteiger partial charge in [-0.3, -0.25) is 4.79 Å². The lowest BCUT2D eigenvalue weighted by molar-refractivity contribution is -0.137. The first-order valence-corrected chi connectivity index (χ1v) is 10.0. The molecule has 1 aromatic heterocycles. The molecule has 1 heterocycles. The number of carbonyl (C=O) groups excluding carboxylic acids is 2. The lowest BCUT2D eigenvalue weighted by atomic mass is 9.75. The Morgan fingerprint density at radius 2 is 1.93 bits per heavy atom. The molecule has 0 spiro atoms. The van der Waals surface area contributed by atoms with Crippen molar-refractivity contribution in [2.24, 2.45) is 5.92 Å². The van der Waals surface area contributed by atoms with Crippen LogP contribution < -0.4 is 0 Å². The van der Waals surface area contributed by atoms with Gasteiger partial charge in [-0.2, -0.15) is 5.10 Å². The summed E-state index contributed by atoms with van der Waals surface area (Å²) >= 11 is 0. The predicted octanol–water partition coefficient (Wildman–Crippen LogP) is 4.95. The number of aromatic nitrogens is 2. The van der Waals surface area contributed by atoms with E-state index in [0.29, 0.717) is 11.8 Å². The van der Waals surface area contributed by atoms with E-state index >= 15 is 0 Å². The fraction of sp³-hybridized carbons (Fsp3) is 0.435. The molecule has 0 bridgehead atoms. The van der Waals surface area contributed by atoms with Crippen molar-refractivity contribution in [2.45, 2.75) is 52.4 Å². The van der Waals surface area contributed by atoms with Crippen molar-refractivity contribution in [3.63, 3.8) is 0 Å². The highest BCUT2D eigenvalue weighted by Gasteiger charge is 2.35. The van der Waals surface area contributed by atoms with Crippen LogP contribution in [0.2, 0.25) is 0 Å². The average Bonchev–Trinajstić information content (AvgIpc) is 3.08. The van der Waals surface area contributed by atoms with Crippen molar-refractivity contribution >= 4 is 11.9 Å². The topological polar surface area (TPSA) is 61.2 Å². The molecule has 0 N–H and O–H groups in total. The molecule has 2 atom stereocenters. The van der Waals surface area contributed by atoms with Crippen LogP contribution >= 0.6 is 0 Å². The van der Waals surface area contributed by atoms with Gasteiger partial charge >= 0.3 is 5.97 Å². The van der Waals surface area contributed by atoms with E-state index in [0.717, 1.165) is 35.4 Å². The monoisotopic (exact) mass is 380 g/mol. The predicted molar refractivity (Wildman–Crippen MR) is 109 cm³/mol. The molecule has 0 unspecified atom stereocenters. The van der Waals surface area contributed by atoms with Gasteiger partial charge in [-0.15, -0.1) is 0 Å². The molecule has 0 radical (unpaired) electrons. The van der Waals surface area contributed by atoms with Crippen LogP contribution in [-0.4, -0.2) is 28.3 Å². The first kappa shape index (κ1) is 20.1. The van der Waals surface area contributed by atoms with Crippen LogP contribution in [0.25, 0.3) is 11.3 Å². The fourth-order valence-corrected chi connectivity index (χ4v) is 4.02. The molecule has 2 aromatic rings. The van der Waals surface area contributed by atoms with E-state index in [-0.39, 0.29) is 18.4 Å². The Balaban J connectivity index is 2.12.